The average Bonchev–Trinajstić information content (AvgIpc) is 3.47. The van der Waals surface area contributed by atoms with Gasteiger partial charge in [-0.25, -0.2) is 0 Å². The number of carbonyl (C=O) groups is 3. The predicted molar refractivity (Wildman–Crippen MR) is 152 cm³/mol. The highest BCUT2D eigenvalue weighted by Crippen LogP contribution is 2.40. The fourth-order valence-corrected chi connectivity index (χ4v) is 7.99. The van der Waals surface area contributed by atoms with Crippen molar-refractivity contribution in [1.82, 2.24) is 25.1 Å². The van der Waals surface area contributed by atoms with Crippen LogP contribution in [0.5, 0.6) is 0 Å². The zero-order valence-corrected chi connectivity index (χ0v) is 24.3. The normalized spacial score (nSPS) is 23.3. The minimum Gasteiger partial charge on any atom is -0.340 e. The van der Waals surface area contributed by atoms with Crippen LogP contribution < -0.4 is 5.32 Å². The van der Waals surface area contributed by atoms with E-state index in [1.165, 1.54) is 11.3 Å². The SMILES string of the molecule is Cc1nccnc1C1CN(C(=O)[C@@H]2CC[C@@H]3CCC[C@H](NC(=O)c4cc5cc(CP(=O)(O)O)ccc5s4)C(=O)N32)C1. The summed E-state index contributed by atoms with van der Waals surface area (Å²) in [6.07, 6.45) is 6.43. The molecule has 3 aliphatic heterocycles. The third-order valence-electron chi connectivity index (χ3n) is 8.37. The van der Waals surface area contributed by atoms with Crippen LogP contribution in [0.2, 0.25) is 0 Å². The molecule has 0 saturated carbocycles. The molecule has 0 bridgehead atoms. The lowest BCUT2D eigenvalue weighted by molar-refractivity contribution is -0.148. The molecule has 0 spiro atoms. The summed E-state index contributed by atoms with van der Waals surface area (Å²) in [6, 6.07) is 5.51. The number of hydrogen-bond donors (Lipinski definition) is 3. The van der Waals surface area contributed by atoms with Gasteiger partial charge in [0.2, 0.25) is 11.8 Å². The lowest BCUT2D eigenvalue weighted by Crippen LogP contribution is -2.58. The van der Waals surface area contributed by atoms with Crippen molar-refractivity contribution in [2.75, 3.05) is 13.1 Å². The highest BCUT2D eigenvalue weighted by Gasteiger charge is 2.47. The molecule has 3 atom stereocenters. The predicted octanol–water partition coefficient (Wildman–Crippen LogP) is 2.95. The number of thiophene rings is 1. The zero-order chi connectivity index (χ0) is 28.9. The number of fused-ring (bicyclic) bond motifs is 2. The standard InChI is InChI=1S/C28H32N5O6PS/c1-16-25(30-10-9-29-16)19-13-32(14-19)28(36)22-7-6-20-3-2-4-21(27(35)33(20)22)31-26(34)24-12-18-11-17(15-40(37,38)39)5-8-23(18)41-24/h5,8-12,19-22H,2-4,6-7,13-15H2,1H3,(H,31,34)(H2,37,38,39)/t20-,21-,22-/m0/s1. The molecule has 0 radical (unpaired) electrons. The van der Waals surface area contributed by atoms with E-state index >= 15 is 0 Å². The Labute approximate surface area is 241 Å². The van der Waals surface area contributed by atoms with Crippen LogP contribution in [0.4, 0.5) is 0 Å². The van der Waals surface area contributed by atoms with E-state index in [4.69, 9.17) is 0 Å². The first-order valence-electron chi connectivity index (χ1n) is 13.8. The van der Waals surface area contributed by atoms with E-state index in [0.717, 1.165) is 35.4 Å². The van der Waals surface area contributed by atoms with Crippen molar-refractivity contribution >= 4 is 46.7 Å². The average molecular weight is 598 g/mol. The van der Waals surface area contributed by atoms with Crippen molar-refractivity contribution in [3.8, 4) is 0 Å². The van der Waals surface area contributed by atoms with Crippen LogP contribution in [0.15, 0.2) is 36.7 Å². The Kier molecular flexibility index (Phi) is 7.44. The number of benzene rings is 1. The van der Waals surface area contributed by atoms with Crippen LogP contribution in [0.25, 0.3) is 10.1 Å². The molecule has 3 N–H and O–H groups in total. The maximum atomic E-state index is 13.8. The number of likely N-dealkylation sites (tertiary alicyclic amines) is 1. The Morgan fingerprint density at radius 2 is 1.88 bits per heavy atom. The molecule has 3 amide bonds. The monoisotopic (exact) mass is 597 g/mol. The van der Waals surface area contributed by atoms with Crippen molar-refractivity contribution in [3.05, 3.63) is 58.5 Å². The first-order valence-corrected chi connectivity index (χ1v) is 16.4. The summed E-state index contributed by atoms with van der Waals surface area (Å²) in [5.41, 5.74) is 2.27. The van der Waals surface area contributed by atoms with Gasteiger partial charge in [-0.2, -0.15) is 0 Å². The number of rotatable bonds is 6. The van der Waals surface area contributed by atoms with E-state index in [0.29, 0.717) is 41.8 Å². The molecule has 3 aliphatic rings. The topological polar surface area (TPSA) is 153 Å². The van der Waals surface area contributed by atoms with Gasteiger partial charge < -0.3 is 24.9 Å². The number of aryl methyl sites for hydroxylation is 1. The first kappa shape index (κ1) is 28.0. The Hall–Kier alpha value is -3.18. The van der Waals surface area contributed by atoms with Gasteiger partial charge in [-0.05, 0) is 68.2 Å². The van der Waals surface area contributed by atoms with Gasteiger partial charge in [-0.3, -0.25) is 28.9 Å². The summed E-state index contributed by atoms with van der Waals surface area (Å²) in [5, 5.41) is 3.63. The Balaban J connectivity index is 1.13. The fraction of sp³-hybridized carbons (Fsp3) is 0.464. The largest absolute Gasteiger partial charge is 0.340 e. The van der Waals surface area contributed by atoms with Crippen LogP contribution in [0.1, 0.15) is 64.6 Å². The molecule has 0 aliphatic carbocycles. The molecule has 5 heterocycles. The van der Waals surface area contributed by atoms with Crippen molar-refractivity contribution in [1.29, 1.82) is 0 Å². The van der Waals surface area contributed by atoms with E-state index in [1.54, 1.807) is 46.5 Å². The van der Waals surface area contributed by atoms with Gasteiger partial charge in [0, 0.05) is 42.1 Å². The summed E-state index contributed by atoms with van der Waals surface area (Å²) in [7, 11) is -4.21. The second-order valence-electron chi connectivity index (χ2n) is 11.2. The molecule has 216 valence electrons. The minimum absolute atomic E-state index is 0.00516. The quantitative estimate of drug-likeness (QED) is 0.367. The van der Waals surface area contributed by atoms with E-state index < -0.39 is 19.7 Å². The summed E-state index contributed by atoms with van der Waals surface area (Å²) < 4.78 is 12.2. The van der Waals surface area contributed by atoms with Crippen LogP contribution in [0.3, 0.4) is 0 Å². The molecular weight excluding hydrogens is 565 g/mol. The van der Waals surface area contributed by atoms with Gasteiger partial charge in [0.05, 0.1) is 22.4 Å². The Morgan fingerprint density at radius 1 is 1.10 bits per heavy atom. The lowest BCUT2D eigenvalue weighted by Gasteiger charge is -2.42. The zero-order valence-electron chi connectivity index (χ0n) is 22.6. The highest BCUT2D eigenvalue weighted by molar-refractivity contribution is 7.50. The van der Waals surface area contributed by atoms with Crippen LogP contribution in [0, 0.1) is 6.92 Å². The van der Waals surface area contributed by atoms with Crippen LogP contribution >= 0.6 is 18.9 Å². The summed E-state index contributed by atoms with van der Waals surface area (Å²) in [4.78, 5) is 71.8. The number of aromatic nitrogens is 2. The highest BCUT2D eigenvalue weighted by atomic mass is 32.1. The first-order chi connectivity index (χ1) is 19.6. The molecule has 1 aromatic carbocycles. The molecule has 13 heteroatoms. The summed E-state index contributed by atoms with van der Waals surface area (Å²) in [5.74, 6) is -0.470. The third-order valence-corrected chi connectivity index (χ3v) is 10.3. The molecule has 0 unspecified atom stereocenters. The molecule has 3 fully saturated rings. The molecule has 2 aromatic heterocycles. The fourth-order valence-electron chi connectivity index (χ4n) is 6.37. The minimum atomic E-state index is -4.21. The number of hydrogen-bond acceptors (Lipinski definition) is 7. The van der Waals surface area contributed by atoms with E-state index in [-0.39, 0.29) is 35.8 Å². The second kappa shape index (κ2) is 10.9. The molecule has 3 saturated heterocycles. The van der Waals surface area contributed by atoms with Gasteiger partial charge in [0.25, 0.3) is 5.91 Å². The summed E-state index contributed by atoms with van der Waals surface area (Å²) in [6.45, 7) is 3.04. The van der Waals surface area contributed by atoms with Crippen molar-refractivity contribution in [2.24, 2.45) is 0 Å². The number of amides is 3. The van der Waals surface area contributed by atoms with Crippen LogP contribution in [-0.2, 0) is 20.3 Å². The third kappa shape index (κ3) is 5.66. The van der Waals surface area contributed by atoms with Gasteiger partial charge in [-0.1, -0.05) is 6.07 Å². The van der Waals surface area contributed by atoms with Crippen LogP contribution in [-0.4, -0.2) is 78.5 Å². The maximum absolute atomic E-state index is 13.8. The van der Waals surface area contributed by atoms with Crippen molar-refractivity contribution in [3.63, 3.8) is 0 Å². The van der Waals surface area contributed by atoms with E-state index in [9.17, 15) is 28.7 Å². The van der Waals surface area contributed by atoms with Gasteiger partial charge in [0.1, 0.15) is 12.1 Å². The second-order valence-corrected chi connectivity index (χ2v) is 14.0. The smallest absolute Gasteiger partial charge is 0.329 e. The maximum Gasteiger partial charge on any atom is 0.329 e. The molecular formula is C28H32N5O6PS. The molecule has 6 rings (SSSR count). The molecule has 41 heavy (non-hydrogen) atoms. The number of carbonyl (C=O) groups excluding carboxylic acids is 3. The van der Waals surface area contributed by atoms with Crippen molar-refractivity contribution in [2.45, 2.75) is 69.2 Å². The van der Waals surface area contributed by atoms with E-state index in [1.807, 2.05) is 6.92 Å². The Morgan fingerprint density at radius 3 is 2.63 bits per heavy atom. The van der Waals surface area contributed by atoms with E-state index in [2.05, 4.69) is 15.3 Å². The summed E-state index contributed by atoms with van der Waals surface area (Å²) >= 11 is 1.26. The van der Waals surface area contributed by atoms with Gasteiger partial charge >= 0.3 is 7.60 Å². The molecule has 3 aromatic rings. The lowest BCUT2D eigenvalue weighted by atomic mass is 9.93. The Bertz CT molecular complexity index is 1570. The number of nitrogens with zero attached hydrogens (tertiary/aromatic N) is 4. The number of nitrogens with one attached hydrogen (secondary N) is 1. The van der Waals surface area contributed by atoms with Gasteiger partial charge in [0.15, 0.2) is 0 Å². The molecule has 11 nitrogen and oxygen atoms in total. The van der Waals surface area contributed by atoms with Gasteiger partial charge in [-0.15, -0.1) is 11.3 Å². The van der Waals surface area contributed by atoms with Crippen molar-refractivity contribution < 1.29 is 28.7 Å².